The molecular weight excluding hydrogens is 623 g/mol. The van der Waals surface area contributed by atoms with E-state index in [-0.39, 0.29) is 19.8 Å². The Bertz CT molecular complexity index is 1530. The van der Waals surface area contributed by atoms with Crippen LogP contribution in [0.1, 0.15) is 22.3 Å². The Morgan fingerprint density at radius 3 is 1.79 bits per heavy atom. The van der Waals surface area contributed by atoms with Crippen molar-refractivity contribution < 1.29 is 46.6 Å². The number of hydrogen-bond donors (Lipinski definition) is 0. The van der Waals surface area contributed by atoms with Gasteiger partial charge >= 0.3 is 7.82 Å². The molecule has 0 saturated carbocycles. The number of benzene rings is 4. The fraction of sp³-hybridized carbons (Fsp3) is 0.333. The summed E-state index contributed by atoms with van der Waals surface area (Å²) in [7, 11) is 3.60. The zero-order valence-electron chi connectivity index (χ0n) is 27.2. The summed E-state index contributed by atoms with van der Waals surface area (Å²) < 4.78 is 64.7. The van der Waals surface area contributed by atoms with Crippen LogP contribution < -0.4 is 14.0 Å². The van der Waals surface area contributed by atoms with Crippen molar-refractivity contribution in [2.75, 3.05) is 48.8 Å². The molecule has 1 fully saturated rings. The normalized spacial score (nSPS) is 19.2. The molecule has 5 rings (SSSR count). The number of methoxy groups -OCH3 is 4. The molecule has 10 nitrogen and oxygen atoms in total. The molecule has 0 amide bonds. The van der Waals surface area contributed by atoms with Gasteiger partial charge < -0.3 is 32.9 Å². The van der Waals surface area contributed by atoms with Gasteiger partial charge in [-0.3, -0.25) is 9.05 Å². The van der Waals surface area contributed by atoms with Crippen LogP contribution in [0, 0.1) is 0 Å². The fourth-order valence-corrected chi connectivity index (χ4v) is 6.74. The molecule has 250 valence electrons. The molecule has 1 saturated heterocycles. The molecule has 0 spiro atoms. The van der Waals surface area contributed by atoms with Crippen LogP contribution >= 0.6 is 7.82 Å². The summed E-state index contributed by atoms with van der Waals surface area (Å²) >= 11 is 0. The minimum atomic E-state index is -4.04. The monoisotopic (exact) mass is 664 g/mol. The molecule has 47 heavy (non-hydrogen) atoms. The first-order valence-electron chi connectivity index (χ1n) is 15.1. The van der Waals surface area contributed by atoms with Crippen molar-refractivity contribution in [1.82, 2.24) is 0 Å². The predicted molar refractivity (Wildman–Crippen MR) is 176 cm³/mol. The Morgan fingerprint density at radius 2 is 1.28 bits per heavy atom. The van der Waals surface area contributed by atoms with Crippen molar-refractivity contribution in [3.05, 3.63) is 125 Å². The highest BCUT2D eigenvalue weighted by Gasteiger charge is 2.45. The largest absolute Gasteiger partial charge is 0.530 e. The van der Waals surface area contributed by atoms with Gasteiger partial charge in [0.25, 0.3) is 0 Å². The van der Waals surface area contributed by atoms with Crippen LogP contribution in [0.3, 0.4) is 0 Å². The summed E-state index contributed by atoms with van der Waals surface area (Å²) in [6.45, 7) is 0.741. The summed E-state index contributed by atoms with van der Waals surface area (Å²) in [6.07, 6.45) is -1.65. The predicted octanol–water partition coefficient (Wildman–Crippen LogP) is 6.79. The van der Waals surface area contributed by atoms with Crippen LogP contribution in [0.4, 0.5) is 0 Å². The number of phosphoric acid groups is 1. The van der Waals surface area contributed by atoms with Crippen molar-refractivity contribution in [2.45, 2.75) is 30.5 Å². The van der Waals surface area contributed by atoms with E-state index in [1.807, 2.05) is 78.9 Å². The van der Waals surface area contributed by atoms with Gasteiger partial charge in [-0.05, 0) is 58.7 Å². The third kappa shape index (κ3) is 7.88. The van der Waals surface area contributed by atoms with Gasteiger partial charge in [-0.1, -0.05) is 66.7 Å². The van der Waals surface area contributed by atoms with Gasteiger partial charge in [0.05, 0.1) is 34.0 Å². The number of rotatable bonds is 16. The minimum Gasteiger partial charge on any atom is -0.497 e. The van der Waals surface area contributed by atoms with Crippen molar-refractivity contribution >= 4 is 7.82 Å². The van der Waals surface area contributed by atoms with E-state index in [0.717, 1.165) is 33.8 Å². The molecule has 4 aromatic carbocycles. The van der Waals surface area contributed by atoms with Crippen LogP contribution in [0.15, 0.2) is 103 Å². The second-order valence-electron chi connectivity index (χ2n) is 10.8. The SMILES string of the molecule is COC[C@H]1OC[C@@H](OC)C1OP(=O)(OC)Oc1ccc(COC(c2ccccc2)(c2ccc(OC)cc2)c2ccc(OC)cc2)cc1. The summed E-state index contributed by atoms with van der Waals surface area (Å²) in [4.78, 5) is 0. The molecule has 4 aromatic rings. The molecule has 11 heteroatoms. The Balaban J connectivity index is 1.41. The summed E-state index contributed by atoms with van der Waals surface area (Å²) in [5.41, 5.74) is 2.67. The second kappa shape index (κ2) is 15.9. The molecule has 0 aliphatic carbocycles. The smallest absolute Gasteiger partial charge is 0.497 e. The van der Waals surface area contributed by atoms with Crippen LogP contribution in [0.25, 0.3) is 0 Å². The van der Waals surface area contributed by atoms with E-state index < -0.39 is 31.7 Å². The fourth-order valence-electron chi connectivity index (χ4n) is 5.59. The zero-order chi connectivity index (χ0) is 33.3. The van der Waals surface area contributed by atoms with E-state index in [0.29, 0.717) is 5.75 Å². The lowest BCUT2D eigenvalue weighted by Crippen LogP contribution is -2.36. The molecule has 4 atom stereocenters. The number of hydrogen-bond acceptors (Lipinski definition) is 10. The third-order valence-electron chi connectivity index (χ3n) is 8.08. The van der Waals surface area contributed by atoms with E-state index in [1.54, 1.807) is 33.5 Å². The van der Waals surface area contributed by atoms with Crippen molar-refractivity contribution in [1.29, 1.82) is 0 Å². The standard InChI is InChI=1S/C36H41O10P/c1-38-24-34-35(33(41-4)25-43-34)46-47(37,42-5)45-32-17-11-26(12-18-32)23-44-36(27-9-7-6-8-10-27,28-13-19-30(39-2)20-14-28)29-15-21-31(40-3)22-16-29/h6-22,33-35H,23-25H2,1-5H3/t33-,34-,35?,47?/m1/s1. The van der Waals surface area contributed by atoms with Crippen LogP contribution in [-0.4, -0.2) is 67.1 Å². The van der Waals surface area contributed by atoms with E-state index in [1.165, 1.54) is 14.2 Å². The van der Waals surface area contributed by atoms with E-state index in [9.17, 15) is 4.57 Å². The molecule has 0 radical (unpaired) electrons. The first-order chi connectivity index (χ1) is 22.9. The number of phosphoric ester groups is 1. The molecule has 0 N–H and O–H groups in total. The topological polar surface area (TPSA) is 100 Å². The van der Waals surface area contributed by atoms with E-state index in [4.69, 9.17) is 42.0 Å². The first-order valence-corrected chi connectivity index (χ1v) is 16.6. The van der Waals surface area contributed by atoms with Gasteiger partial charge in [0.1, 0.15) is 41.2 Å². The quantitative estimate of drug-likeness (QED) is 0.0940. The maximum absolute atomic E-state index is 13.6. The average Bonchev–Trinajstić information content (AvgIpc) is 3.50. The average molecular weight is 665 g/mol. The lowest BCUT2D eigenvalue weighted by molar-refractivity contribution is -0.0236. The Kier molecular flexibility index (Phi) is 11.7. The van der Waals surface area contributed by atoms with Gasteiger partial charge in [0, 0.05) is 21.3 Å². The second-order valence-corrected chi connectivity index (χ2v) is 12.5. The van der Waals surface area contributed by atoms with Gasteiger partial charge in [0.2, 0.25) is 0 Å². The van der Waals surface area contributed by atoms with Crippen molar-refractivity contribution in [3.8, 4) is 17.2 Å². The molecular formula is C36H41O10P. The first kappa shape index (κ1) is 34.6. The lowest BCUT2D eigenvalue weighted by atomic mass is 9.80. The van der Waals surface area contributed by atoms with Crippen LogP contribution in [-0.2, 0) is 44.8 Å². The van der Waals surface area contributed by atoms with Gasteiger partial charge in [-0.2, -0.15) is 0 Å². The minimum absolute atomic E-state index is 0.235. The highest BCUT2D eigenvalue weighted by atomic mass is 31.2. The Morgan fingerprint density at radius 1 is 0.723 bits per heavy atom. The Labute approximate surface area is 276 Å². The third-order valence-corrected chi connectivity index (χ3v) is 9.47. The van der Waals surface area contributed by atoms with Gasteiger partial charge in [-0.25, -0.2) is 4.57 Å². The van der Waals surface area contributed by atoms with E-state index >= 15 is 0 Å². The van der Waals surface area contributed by atoms with Gasteiger partial charge in [0.15, 0.2) is 0 Å². The molecule has 1 aliphatic heterocycles. The molecule has 0 bridgehead atoms. The summed E-state index contributed by atoms with van der Waals surface area (Å²) in [5, 5.41) is 0. The molecule has 2 unspecified atom stereocenters. The maximum Gasteiger partial charge on any atom is 0.530 e. The lowest BCUT2D eigenvalue weighted by Gasteiger charge is -2.36. The van der Waals surface area contributed by atoms with E-state index in [2.05, 4.69) is 12.1 Å². The zero-order valence-corrected chi connectivity index (χ0v) is 28.1. The summed E-state index contributed by atoms with van der Waals surface area (Å²) in [5.74, 6) is 1.78. The molecule has 1 heterocycles. The van der Waals surface area contributed by atoms with Crippen molar-refractivity contribution in [3.63, 3.8) is 0 Å². The number of ether oxygens (including phenoxy) is 6. The van der Waals surface area contributed by atoms with Crippen LogP contribution in [0.5, 0.6) is 17.2 Å². The summed E-state index contributed by atoms with van der Waals surface area (Å²) in [6, 6.07) is 32.9. The molecule has 0 aromatic heterocycles. The maximum atomic E-state index is 13.6. The highest BCUT2D eigenvalue weighted by Crippen LogP contribution is 2.51. The van der Waals surface area contributed by atoms with Gasteiger partial charge in [-0.15, -0.1) is 0 Å². The van der Waals surface area contributed by atoms with Crippen molar-refractivity contribution in [2.24, 2.45) is 0 Å². The van der Waals surface area contributed by atoms with Crippen LogP contribution in [0.2, 0.25) is 0 Å². The molecule has 1 aliphatic rings. The Hall–Kier alpha value is -3.73. The highest BCUT2D eigenvalue weighted by molar-refractivity contribution is 7.48.